The number of hydrogen-bond acceptors (Lipinski definition) is 4. The minimum Gasteiger partial charge on any atom is -0.494 e. The van der Waals surface area contributed by atoms with Gasteiger partial charge < -0.3 is 10.5 Å². The smallest absolute Gasteiger partial charge is 0.494 e. The zero-order chi connectivity index (χ0) is 8.43. The van der Waals surface area contributed by atoms with Crippen molar-refractivity contribution in [2.45, 2.75) is 0 Å². The summed E-state index contributed by atoms with van der Waals surface area (Å²) in [6.45, 7) is 0. The molecule has 0 fully saturated rings. The molecule has 0 bridgehead atoms. The van der Waals surface area contributed by atoms with Gasteiger partial charge in [-0.05, 0) is 6.08 Å². The summed E-state index contributed by atoms with van der Waals surface area (Å²) in [6, 6.07) is 0. The van der Waals surface area contributed by atoms with E-state index in [1.807, 2.05) is 0 Å². The number of ketones is 1. The van der Waals surface area contributed by atoms with E-state index in [1.54, 1.807) is 0 Å². The third-order valence-electron chi connectivity index (χ3n) is 1.33. The van der Waals surface area contributed by atoms with Gasteiger partial charge in [0.05, 0.1) is 12.8 Å². The molecule has 0 heterocycles. The molecule has 4 nitrogen and oxygen atoms in total. The molecule has 0 amide bonds. The number of nitrogens with two attached hydrogens (primary N) is 1. The van der Waals surface area contributed by atoms with Gasteiger partial charge in [-0.2, -0.15) is 0 Å². The SMILES string of the molecule is COC1=CC(=O)C(=N)C=C1N.[H+]. The van der Waals surface area contributed by atoms with Crippen LogP contribution in [0.4, 0.5) is 0 Å². The molecule has 0 unspecified atom stereocenters. The lowest BCUT2D eigenvalue weighted by molar-refractivity contribution is -0.109. The molecule has 0 aromatic heterocycles. The quantitative estimate of drug-likeness (QED) is 0.523. The Morgan fingerprint density at radius 2 is 2.27 bits per heavy atom. The van der Waals surface area contributed by atoms with Crippen molar-refractivity contribution in [3.8, 4) is 0 Å². The van der Waals surface area contributed by atoms with Crippen LogP contribution in [-0.2, 0) is 9.53 Å². The van der Waals surface area contributed by atoms with Crippen LogP contribution in [0, 0.1) is 5.41 Å². The summed E-state index contributed by atoms with van der Waals surface area (Å²) in [4.78, 5) is 10.8. The van der Waals surface area contributed by atoms with Crippen LogP contribution in [0.25, 0.3) is 0 Å². The van der Waals surface area contributed by atoms with E-state index in [4.69, 9.17) is 15.9 Å². The highest BCUT2D eigenvalue weighted by molar-refractivity contribution is 6.47. The van der Waals surface area contributed by atoms with Gasteiger partial charge in [0.25, 0.3) is 0 Å². The van der Waals surface area contributed by atoms with Gasteiger partial charge >= 0.3 is 1.43 Å². The molecule has 0 aromatic carbocycles. The average Bonchev–Trinajstić information content (AvgIpc) is 1.97. The van der Waals surface area contributed by atoms with E-state index in [0.29, 0.717) is 11.5 Å². The second-order valence-electron chi connectivity index (χ2n) is 2.09. The van der Waals surface area contributed by atoms with Gasteiger partial charge in [-0.1, -0.05) is 0 Å². The summed E-state index contributed by atoms with van der Waals surface area (Å²) in [6.07, 6.45) is 2.48. The number of rotatable bonds is 1. The molecule has 0 aliphatic heterocycles. The maximum atomic E-state index is 10.8. The molecule has 3 N–H and O–H groups in total. The predicted molar refractivity (Wildman–Crippen MR) is 41.2 cm³/mol. The monoisotopic (exact) mass is 153 g/mol. The number of nitrogens with one attached hydrogen (secondary N) is 1. The number of carbonyl (C=O) groups excluding carboxylic acids is 1. The molecule has 1 rings (SSSR count). The second-order valence-corrected chi connectivity index (χ2v) is 2.09. The van der Waals surface area contributed by atoms with Gasteiger partial charge in [0, 0.05) is 6.08 Å². The highest BCUT2D eigenvalue weighted by Gasteiger charge is 2.15. The Labute approximate surface area is 65.3 Å². The molecule has 0 aromatic rings. The van der Waals surface area contributed by atoms with E-state index >= 15 is 0 Å². The van der Waals surface area contributed by atoms with E-state index in [9.17, 15) is 4.79 Å². The summed E-state index contributed by atoms with van der Waals surface area (Å²) >= 11 is 0. The van der Waals surface area contributed by atoms with E-state index in [-0.39, 0.29) is 12.9 Å². The maximum absolute atomic E-state index is 10.8. The van der Waals surface area contributed by atoms with Crippen LogP contribution in [0.2, 0.25) is 0 Å². The zero-order valence-electron chi connectivity index (χ0n) is 7.05. The standard InChI is InChI=1S/C7H8N2O2/c1-11-7-3-6(10)4(8)2-5(7)9/h2-3,8H,9H2,1H3/p+1. The molecule has 1 aliphatic rings. The van der Waals surface area contributed by atoms with Crippen LogP contribution in [-0.4, -0.2) is 18.6 Å². The van der Waals surface area contributed by atoms with Crippen LogP contribution < -0.4 is 5.73 Å². The van der Waals surface area contributed by atoms with Gasteiger partial charge in [0.1, 0.15) is 11.5 Å². The van der Waals surface area contributed by atoms with Crippen molar-refractivity contribution in [3.05, 3.63) is 23.6 Å². The summed E-state index contributed by atoms with van der Waals surface area (Å²) in [5.41, 5.74) is 5.63. The molecule has 4 heteroatoms. The lowest BCUT2D eigenvalue weighted by Crippen LogP contribution is -2.18. The first-order valence-electron chi connectivity index (χ1n) is 3.01. The summed E-state index contributed by atoms with van der Waals surface area (Å²) in [5, 5.41) is 7.08. The first kappa shape index (κ1) is 7.53. The Morgan fingerprint density at radius 3 is 2.82 bits per heavy atom. The Kier molecular flexibility index (Phi) is 1.76. The van der Waals surface area contributed by atoms with Crippen molar-refractivity contribution in [1.82, 2.24) is 0 Å². The molecule has 0 saturated heterocycles. The van der Waals surface area contributed by atoms with Crippen molar-refractivity contribution in [1.29, 1.82) is 5.41 Å². The summed E-state index contributed by atoms with van der Waals surface area (Å²) in [7, 11) is 1.43. The largest absolute Gasteiger partial charge is 1.00 e. The predicted octanol–water partition coefficient (Wildman–Crippen LogP) is 0.0743. The third kappa shape index (κ3) is 1.29. The molecular formula is C7H9N2O2+. The molecule has 0 saturated carbocycles. The number of ether oxygens (including phenoxy) is 1. The first-order valence-corrected chi connectivity index (χ1v) is 3.01. The molecule has 58 valence electrons. The second kappa shape index (κ2) is 2.57. The minimum atomic E-state index is -0.379. The molecule has 0 radical (unpaired) electrons. The third-order valence-corrected chi connectivity index (χ3v) is 1.33. The molecule has 0 atom stereocenters. The molecular weight excluding hydrogens is 144 g/mol. The van der Waals surface area contributed by atoms with Crippen LogP contribution in [0.5, 0.6) is 0 Å². The molecule has 11 heavy (non-hydrogen) atoms. The van der Waals surface area contributed by atoms with Crippen molar-refractivity contribution >= 4 is 11.5 Å². The number of carbonyl (C=O) groups is 1. The van der Waals surface area contributed by atoms with Crippen LogP contribution in [0.1, 0.15) is 1.43 Å². The fourth-order valence-corrected chi connectivity index (χ4v) is 0.755. The van der Waals surface area contributed by atoms with Gasteiger partial charge in [0.2, 0.25) is 5.78 Å². The lowest BCUT2D eigenvalue weighted by Gasteiger charge is -2.09. The zero-order valence-corrected chi connectivity index (χ0v) is 6.05. The Balaban J connectivity index is 0.00000121. The number of allylic oxidation sites excluding steroid dienone is 2. The van der Waals surface area contributed by atoms with Gasteiger partial charge in [0.15, 0.2) is 0 Å². The van der Waals surface area contributed by atoms with Crippen molar-refractivity contribution in [2.75, 3.05) is 7.11 Å². The Morgan fingerprint density at radius 1 is 1.64 bits per heavy atom. The number of methoxy groups -OCH3 is 1. The van der Waals surface area contributed by atoms with Gasteiger partial charge in [-0.3, -0.25) is 10.2 Å². The molecule has 0 spiro atoms. The Hall–Kier alpha value is -1.58. The average molecular weight is 153 g/mol. The maximum Gasteiger partial charge on any atom is 1.00 e. The van der Waals surface area contributed by atoms with Gasteiger partial charge in [-0.25, -0.2) is 0 Å². The first-order chi connectivity index (χ1) is 5.15. The topological polar surface area (TPSA) is 76.2 Å². The van der Waals surface area contributed by atoms with Crippen LogP contribution in [0.15, 0.2) is 23.6 Å². The minimum absolute atomic E-state index is 0. The normalized spacial score (nSPS) is 17.5. The highest BCUT2D eigenvalue weighted by atomic mass is 16.5. The van der Waals surface area contributed by atoms with Crippen molar-refractivity contribution in [2.24, 2.45) is 5.73 Å². The van der Waals surface area contributed by atoms with Crippen molar-refractivity contribution < 1.29 is 11.0 Å². The summed E-state index contributed by atoms with van der Waals surface area (Å²) < 4.78 is 4.77. The Bertz CT molecular complexity index is 281. The van der Waals surface area contributed by atoms with Crippen LogP contribution in [0.3, 0.4) is 0 Å². The summed E-state index contributed by atoms with van der Waals surface area (Å²) in [5.74, 6) is -0.0537. The van der Waals surface area contributed by atoms with Crippen molar-refractivity contribution in [3.63, 3.8) is 0 Å². The molecule has 1 aliphatic carbocycles. The van der Waals surface area contributed by atoms with E-state index < -0.39 is 0 Å². The highest BCUT2D eigenvalue weighted by Crippen LogP contribution is 2.10. The number of hydrogen-bond donors (Lipinski definition) is 2. The van der Waals surface area contributed by atoms with E-state index in [0.717, 1.165) is 0 Å². The fraction of sp³-hybridized carbons (Fsp3) is 0.143. The van der Waals surface area contributed by atoms with Crippen LogP contribution >= 0.6 is 0 Å². The fourth-order valence-electron chi connectivity index (χ4n) is 0.755. The van der Waals surface area contributed by atoms with E-state index in [1.165, 1.54) is 19.3 Å². The van der Waals surface area contributed by atoms with Gasteiger partial charge in [-0.15, -0.1) is 0 Å². The van der Waals surface area contributed by atoms with E-state index in [2.05, 4.69) is 0 Å². The lowest BCUT2D eigenvalue weighted by atomic mass is 10.1.